The average molecular weight is 259 g/mol. The molecule has 0 saturated carbocycles. The van der Waals surface area contributed by atoms with Gasteiger partial charge in [0.05, 0.1) is 23.5 Å². The number of nitrogens with one attached hydrogen (secondary N) is 1. The number of nitrogens with zero attached hydrogens (tertiary/aromatic N) is 2. The summed E-state index contributed by atoms with van der Waals surface area (Å²) in [7, 11) is 0. The molecule has 4 nitrogen and oxygen atoms in total. The van der Waals surface area contributed by atoms with E-state index in [0.29, 0.717) is 12.1 Å². The van der Waals surface area contributed by atoms with Gasteiger partial charge in [-0.05, 0) is 25.3 Å². The summed E-state index contributed by atoms with van der Waals surface area (Å²) >= 11 is 1.56. The number of thioether (sulfide) groups is 1. The SMILES string of the molecule is CSc1cccc(NCc2cc(C)no2)c1C#N. The van der Waals surface area contributed by atoms with Crippen LogP contribution in [0.1, 0.15) is 17.0 Å². The van der Waals surface area contributed by atoms with E-state index in [1.165, 1.54) is 0 Å². The molecule has 0 radical (unpaired) electrons. The molecule has 0 bridgehead atoms. The molecule has 5 heteroatoms. The van der Waals surface area contributed by atoms with Crippen LogP contribution in [0.4, 0.5) is 5.69 Å². The van der Waals surface area contributed by atoms with Gasteiger partial charge in [-0.15, -0.1) is 11.8 Å². The van der Waals surface area contributed by atoms with E-state index in [2.05, 4.69) is 16.5 Å². The Morgan fingerprint density at radius 2 is 2.33 bits per heavy atom. The van der Waals surface area contributed by atoms with Crippen molar-refractivity contribution in [3.63, 3.8) is 0 Å². The number of nitriles is 1. The van der Waals surface area contributed by atoms with Crippen LogP contribution in [0, 0.1) is 18.3 Å². The summed E-state index contributed by atoms with van der Waals surface area (Å²) in [5.74, 6) is 0.756. The van der Waals surface area contributed by atoms with Gasteiger partial charge in [0.15, 0.2) is 5.76 Å². The number of aromatic nitrogens is 1. The number of hydrogen-bond donors (Lipinski definition) is 1. The maximum Gasteiger partial charge on any atom is 0.156 e. The van der Waals surface area contributed by atoms with Crippen LogP contribution in [0.2, 0.25) is 0 Å². The number of hydrogen-bond acceptors (Lipinski definition) is 5. The third-order valence-corrected chi connectivity index (χ3v) is 3.27. The normalized spacial score (nSPS) is 10.1. The van der Waals surface area contributed by atoms with Crippen LogP contribution in [-0.4, -0.2) is 11.4 Å². The zero-order chi connectivity index (χ0) is 13.0. The maximum absolute atomic E-state index is 9.19. The van der Waals surface area contributed by atoms with Gasteiger partial charge in [0.25, 0.3) is 0 Å². The first-order valence-electron chi connectivity index (χ1n) is 5.47. The third-order valence-electron chi connectivity index (χ3n) is 2.49. The molecule has 18 heavy (non-hydrogen) atoms. The molecule has 0 spiro atoms. The molecule has 0 aliphatic heterocycles. The Morgan fingerprint density at radius 1 is 1.50 bits per heavy atom. The summed E-state index contributed by atoms with van der Waals surface area (Å²) in [6.45, 7) is 2.40. The predicted octanol–water partition coefficient (Wildman–Crippen LogP) is 3.19. The first-order chi connectivity index (χ1) is 8.74. The van der Waals surface area contributed by atoms with Crippen molar-refractivity contribution in [1.82, 2.24) is 5.16 Å². The average Bonchev–Trinajstić information content (AvgIpc) is 2.81. The van der Waals surface area contributed by atoms with Crippen LogP contribution in [0.3, 0.4) is 0 Å². The highest BCUT2D eigenvalue weighted by atomic mass is 32.2. The largest absolute Gasteiger partial charge is 0.377 e. The van der Waals surface area contributed by atoms with Crippen LogP contribution in [-0.2, 0) is 6.54 Å². The summed E-state index contributed by atoms with van der Waals surface area (Å²) in [6.07, 6.45) is 1.96. The van der Waals surface area contributed by atoms with Crippen molar-refractivity contribution < 1.29 is 4.52 Å². The van der Waals surface area contributed by atoms with Gasteiger partial charge < -0.3 is 9.84 Å². The zero-order valence-corrected chi connectivity index (χ0v) is 11.0. The quantitative estimate of drug-likeness (QED) is 0.854. The topological polar surface area (TPSA) is 61.9 Å². The summed E-state index contributed by atoms with van der Waals surface area (Å²) in [6, 6.07) is 9.86. The summed E-state index contributed by atoms with van der Waals surface area (Å²) in [5.41, 5.74) is 2.34. The van der Waals surface area contributed by atoms with Gasteiger partial charge in [-0.1, -0.05) is 11.2 Å². The fraction of sp³-hybridized carbons (Fsp3) is 0.231. The Hall–Kier alpha value is -1.93. The van der Waals surface area contributed by atoms with Gasteiger partial charge in [-0.3, -0.25) is 0 Å². The van der Waals surface area contributed by atoms with E-state index in [0.717, 1.165) is 22.0 Å². The molecular formula is C13H13N3OS. The molecule has 0 atom stereocenters. The lowest BCUT2D eigenvalue weighted by Crippen LogP contribution is -2.01. The minimum absolute atomic E-state index is 0.521. The molecule has 2 aromatic rings. The Bertz CT molecular complexity index is 586. The van der Waals surface area contributed by atoms with Crippen LogP contribution in [0.5, 0.6) is 0 Å². The maximum atomic E-state index is 9.19. The Kier molecular flexibility index (Phi) is 3.90. The fourth-order valence-corrected chi connectivity index (χ4v) is 2.22. The minimum Gasteiger partial charge on any atom is -0.377 e. The third kappa shape index (κ3) is 2.66. The highest BCUT2D eigenvalue weighted by molar-refractivity contribution is 7.98. The molecule has 0 aliphatic rings. The van der Waals surface area contributed by atoms with Gasteiger partial charge in [0.1, 0.15) is 6.07 Å². The van der Waals surface area contributed by atoms with E-state index in [-0.39, 0.29) is 0 Å². The Morgan fingerprint density at radius 3 is 2.94 bits per heavy atom. The summed E-state index contributed by atoms with van der Waals surface area (Å²) in [4.78, 5) is 0.969. The summed E-state index contributed by atoms with van der Waals surface area (Å²) < 4.78 is 5.12. The van der Waals surface area contributed by atoms with Gasteiger partial charge in [0, 0.05) is 11.0 Å². The predicted molar refractivity (Wildman–Crippen MR) is 71.5 cm³/mol. The lowest BCUT2D eigenvalue weighted by molar-refractivity contribution is 0.384. The minimum atomic E-state index is 0.521. The molecule has 0 fully saturated rings. The Balaban J connectivity index is 2.17. The van der Waals surface area contributed by atoms with Crippen molar-refractivity contribution in [1.29, 1.82) is 5.26 Å². The number of benzene rings is 1. The summed E-state index contributed by atoms with van der Waals surface area (Å²) in [5, 5.41) is 16.2. The molecule has 0 aliphatic carbocycles. The molecular weight excluding hydrogens is 246 g/mol. The molecule has 0 amide bonds. The lowest BCUT2D eigenvalue weighted by Gasteiger charge is -2.08. The molecule has 0 saturated heterocycles. The number of aryl methyl sites for hydroxylation is 1. The molecule has 1 aromatic carbocycles. The number of rotatable bonds is 4. The van der Waals surface area contributed by atoms with E-state index in [4.69, 9.17) is 4.52 Å². The zero-order valence-electron chi connectivity index (χ0n) is 10.2. The van der Waals surface area contributed by atoms with Gasteiger partial charge in [0.2, 0.25) is 0 Å². The molecule has 1 heterocycles. The monoisotopic (exact) mass is 259 g/mol. The first-order valence-corrected chi connectivity index (χ1v) is 6.70. The van der Waals surface area contributed by atoms with E-state index in [1.807, 2.05) is 37.4 Å². The van der Waals surface area contributed by atoms with E-state index in [9.17, 15) is 5.26 Å². The second-order valence-corrected chi connectivity index (χ2v) is 4.63. The molecule has 0 unspecified atom stereocenters. The van der Waals surface area contributed by atoms with Crippen molar-refractivity contribution >= 4 is 17.4 Å². The highest BCUT2D eigenvalue weighted by Gasteiger charge is 2.08. The molecule has 1 N–H and O–H groups in total. The van der Waals surface area contributed by atoms with Crippen LogP contribution < -0.4 is 5.32 Å². The lowest BCUT2D eigenvalue weighted by atomic mass is 10.2. The van der Waals surface area contributed by atoms with Gasteiger partial charge >= 0.3 is 0 Å². The second-order valence-electron chi connectivity index (χ2n) is 3.78. The van der Waals surface area contributed by atoms with Crippen molar-refractivity contribution in [2.45, 2.75) is 18.4 Å². The van der Waals surface area contributed by atoms with Crippen molar-refractivity contribution in [2.24, 2.45) is 0 Å². The van der Waals surface area contributed by atoms with Crippen molar-refractivity contribution in [2.75, 3.05) is 11.6 Å². The number of anilines is 1. The van der Waals surface area contributed by atoms with Crippen LogP contribution in [0.25, 0.3) is 0 Å². The Labute approximate surface area is 110 Å². The van der Waals surface area contributed by atoms with Gasteiger partial charge in [-0.25, -0.2) is 0 Å². The second kappa shape index (κ2) is 5.61. The van der Waals surface area contributed by atoms with E-state index < -0.39 is 0 Å². The van der Waals surface area contributed by atoms with Crippen LogP contribution in [0.15, 0.2) is 33.7 Å². The molecule has 2 rings (SSSR count). The van der Waals surface area contributed by atoms with E-state index in [1.54, 1.807) is 11.8 Å². The molecule has 1 aromatic heterocycles. The van der Waals surface area contributed by atoms with E-state index >= 15 is 0 Å². The first kappa shape index (κ1) is 12.5. The smallest absolute Gasteiger partial charge is 0.156 e. The standard InChI is InChI=1S/C13H13N3OS/c1-9-6-10(17-16-9)8-15-12-4-3-5-13(18-2)11(12)7-14/h3-6,15H,8H2,1-2H3. The fourth-order valence-electron chi connectivity index (χ4n) is 1.65. The van der Waals surface area contributed by atoms with Crippen molar-refractivity contribution in [3.05, 3.63) is 41.3 Å². The highest BCUT2D eigenvalue weighted by Crippen LogP contribution is 2.26. The van der Waals surface area contributed by atoms with Crippen molar-refractivity contribution in [3.8, 4) is 6.07 Å². The molecule has 92 valence electrons. The van der Waals surface area contributed by atoms with Crippen LogP contribution >= 0.6 is 11.8 Å². The van der Waals surface area contributed by atoms with Gasteiger partial charge in [-0.2, -0.15) is 5.26 Å².